The number of rotatable bonds is 5. The minimum atomic E-state index is -0.298. The molecule has 2 heterocycles. The molecule has 146 valence electrons. The van der Waals surface area contributed by atoms with Gasteiger partial charge in [0, 0.05) is 47.5 Å². The van der Waals surface area contributed by atoms with E-state index in [1.165, 1.54) is 39.2 Å². The molecule has 0 aromatic rings. The normalized spacial score (nSPS) is 31.0. The van der Waals surface area contributed by atoms with E-state index in [-0.39, 0.29) is 24.7 Å². The number of aliphatic hydroxyl groups is 1. The lowest BCUT2D eigenvalue weighted by molar-refractivity contribution is -0.137. The standard InChI is InChI=1S/C19H30IN3O3/c1-26-19(25)16-9-14(20)10-21-18(16)23-8-7-17(13(11-23)12-24)22-15-5-3-2-4-6-15/h9-10,13,15,17-18,21-22,24H,2-8,11-12H2,1H3. The van der Waals surface area contributed by atoms with Crippen molar-refractivity contribution in [1.82, 2.24) is 15.5 Å². The average Bonchev–Trinajstić information content (AvgIpc) is 2.68. The first-order valence-corrected chi connectivity index (χ1v) is 10.7. The summed E-state index contributed by atoms with van der Waals surface area (Å²) in [4.78, 5) is 14.4. The molecule has 3 atom stereocenters. The van der Waals surface area contributed by atoms with Crippen LogP contribution in [0, 0.1) is 5.92 Å². The first-order valence-electron chi connectivity index (χ1n) is 9.65. The largest absolute Gasteiger partial charge is 0.466 e. The fourth-order valence-corrected chi connectivity index (χ4v) is 4.89. The summed E-state index contributed by atoms with van der Waals surface area (Å²) in [7, 11) is 1.42. The van der Waals surface area contributed by atoms with Crippen LogP contribution in [0.25, 0.3) is 0 Å². The number of nitrogens with one attached hydrogen (secondary N) is 2. The van der Waals surface area contributed by atoms with E-state index in [9.17, 15) is 9.90 Å². The second-order valence-electron chi connectivity index (χ2n) is 7.52. The summed E-state index contributed by atoms with van der Waals surface area (Å²) in [5.41, 5.74) is 0.634. The van der Waals surface area contributed by atoms with Crippen molar-refractivity contribution in [3.63, 3.8) is 0 Å². The van der Waals surface area contributed by atoms with Crippen LogP contribution in [0.15, 0.2) is 21.4 Å². The van der Waals surface area contributed by atoms with Crippen molar-refractivity contribution in [2.75, 3.05) is 26.8 Å². The van der Waals surface area contributed by atoms with Gasteiger partial charge in [-0.1, -0.05) is 19.3 Å². The van der Waals surface area contributed by atoms with E-state index in [1.54, 1.807) is 0 Å². The van der Waals surface area contributed by atoms with Crippen molar-refractivity contribution in [2.45, 2.75) is 56.8 Å². The monoisotopic (exact) mass is 475 g/mol. The quantitative estimate of drug-likeness (QED) is 0.417. The van der Waals surface area contributed by atoms with Crippen LogP contribution in [0.3, 0.4) is 0 Å². The number of esters is 1. The van der Waals surface area contributed by atoms with Crippen LogP contribution in [0.1, 0.15) is 38.5 Å². The van der Waals surface area contributed by atoms with Crippen molar-refractivity contribution in [3.8, 4) is 0 Å². The molecule has 0 aromatic heterocycles. The van der Waals surface area contributed by atoms with E-state index in [2.05, 4.69) is 38.1 Å². The number of hydrogen-bond donors (Lipinski definition) is 3. The van der Waals surface area contributed by atoms with Crippen molar-refractivity contribution < 1.29 is 14.6 Å². The van der Waals surface area contributed by atoms with E-state index in [1.807, 2.05) is 12.3 Å². The van der Waals surface area contributed by atoms with Crippen LogP contribution >= 0.6 is 22.6 Å². The molecule has 2 aliphatic heterocycles. The summed E-state index contributed by atoms with van der Waals surface area (Å²) in [5, 5.41) is 17.1. The van der Waals surface area contributed by atoms with Crippen LogP contribution in [-0.2, 0) is 9.53 Å². The zero-order valence-electron chi connectivity index (χ0n) is 15.4. The van der Waals surface area contributed by atoms with Gasteiger partial charge in [0.25, 0.3) is 0 Å². The molecular formula is C19H30IN3O3. The average molecular weight is 475 g/mol. The first-order chi connectivity index (χ1) is 12.6. The molecule has 1 saturated carbocycles. The number of likely N-dealkylation sites (tertiary alicyclic amines) is 1. The Morgan fingerprint density at radius 2 is 2.15 bits per heavy atom. The number of aliphatic hydroxyl groups excluding tert-OH is 1. The number of nitrogens with zero attached hydrogens (tertiary/aromatic N) is 1. The highest BCUT2D eigenvalue weighted by molar-refractivity contribution is 14.1. The molecule has 0 amide bonds. The zero-order valence-corrected chi connectivity index (χ0v) is 17.6. The van der Waals surface area contributed by atoms with Gasteiger partial charge in [-0.25, -0.2) is 4.79 Å². The summed E-state index contributed by atoms with van der Waals surface area (Å²) in [6.07, 6.45) is 11.1. The van der Waals surface area contributed by atoms with Gasteiger partial charge in [-0.05, 0) is 47.9 Å². The van der Waals surface area contributed by atoms with Crippen LogP contribution in [0.4, 0.5) is 0 Å². The molecule has 3 aliphatic rings. The minimum absolute atomic E-state index is 0.165. The van der Waals surface area contributed by atoms with Gasteiger partial charge in [0.2, 0.25) is 0 Å². The van der Waals surface area contributed by atoms with Gasteiger partial charge in [-0.3, -0.25) is 4.90 Å². The molecule has 0 aromatic carbocycles. The number of dihydropyridines is 1. The van der Waals surface area contributed by atoms with Crippen LogP contribution in [0.5, 0.6) is 0 Å². The summed E-state index contributed by atoms with van der Waals surface area (Å²) in [5.74, 6) is -0.121. The first kappa shape index (κ1) is 20.1. The van der Waals surface area contributed by atoms with Gasteiger partial charge >= 0.3 is 5.97 Å². The highest BCUT2D eigenvalue weighted by Gasteiger charge is 2.36. The molecule has 3 rings (SSSR count). The Morgan fingerprint density at radius 3 is 2.85 bits per heavy atom. The molecule has 7 heteroatoms. The van der Waals surface area contributed by atoms with E-state index >= 15 is 0 Å². The third-order valence-electron chi connectivity index (χ3n) is 5.81. The number of piperidine rings is 1. The van der Waals surface area contributed by atoms with Crippen LogP contribution in [-0.4, -0.2) is 61.0 Å². The van der Waals surface area contributed by atoms with E-state index < -0.39 is 0 Å². The molecule has 1 aliphatic carbocycles. The van der Waals surface area contributed by atoms with Crippen molar-refractivity contribution in [3.05, 3.63) is 21.4 Å². The maximum Gasteiger partial charge on any atom is 0.337 e. The number of hydrogen-bond acceptors (Lipinski definition) is 6. The number of carbonyl (C=O) groups is 1. The number of halogens is 1. The zero-order chi connectivity index (χ0) is 18.5. The third-order valence-corrected chi connectivity index (χ3v) is 6.43. The Kier molecular flexibility index (Phi) is 7.36. The van der Waals surface area contributed by atoms with Gasteiger partial charge in [-0.15, -0.1) is 0 Å². The van der Waals surface area contributed by atoms with Crippen molar-refractivity contribution in [2.24, 2.45) is 5.92 Å². The SMILES string of the molecule is COC(=O)C1=CC(I)=CNC1N1CCC(NC2CCCCC2)C(CO)C1. The highest BCUT2D eigenvalue weighted by atomic mass is 127. The molecule has 0 radical (unpaired) electrons. The summed E-state index contributed by atoms with van der Waals surface area (Å²) >= 11 is 2.19. The molecule has 26 heavy (non-hydrogen) atoms. The third kappa shape index (κ3) is 4.79. The predicted octanol–water partition coefficient (Wildman–Crippen LogP) is 1.90. The summed E-state index contributed by atoms with van der Waals surface area (Å²) in [6.45, 7) is 1.81. The molecule has 1 saturated heterocycles. The fourth-order valence-electron chi connectivity index (χ4n) is 4.38. The fraction of sp³-hybridized carbons (Fsp3) is 0.737. The maximum atomic E-state index is 12.2. The van der Waals surface area contributed by atoms with Crippen LogP contribution < -0.4 is 10.6 Å². The number of ether oxygens (including phenoxy) is 1. The Bertz CT molecular complexity index is 560. The lowest BCUT2D eigenvalue weighted by Crippen LogP contribution is -2.58. The summed E-state index contributed by atoms with van der Waals surface area (Å²) < 4.78 is 5.95. The molecule has 0 bridgehead atoms. The Morgan fingerprint density at radius 1 is 1.38 bits per heavy atom. The number of methoxy groups -OCH3 is 1. The smallest absolute Gasteiger partial charge is 0.337 e. The lowest BCUT2D eigenvalue weighted by atomic mass is 9.88. The van der Waals surface area contributed by atoms with Gasteiger partial charge in [-0.2, -0.15) is 0 Å². The van der Waals surface area contributed by atoms with E-state index in [4.69, 9.17) is 4.74 Å². The minimum Gasteiger partial charge on any atom is -0.466 e. The van der Waals surface area contributed by atoms with Crippen molar-refractivity contribution >= 4 is 28.6 Å². The second-order valence-corrected chi connectivity index (χ2v) is 8.77. The number of carbonyl (C=O) groups excluding carboxylic acids is 1. The molecule has 0 spiro atoms. The number of allylic oxidation sites excluding steroid dienone is 2. The van der Waals surface area contributed by atoms with Gasteiger partial charge in [0.15, 0.2) is 0 Å². The van der Waals surface area contributed by atoms with Gasteiger partial charge < -0.3 is 20.5 Å². The topological polar surface area (TPSA) is 73.8 Å². The Labute approximate surface area is 169 Å². The Hall–Kier alpha value is -0.640. The van der Waals surface area contributed by atoms with Crippen molar-refractivity contribution in [1.29, 1.82) is 0 Å². The molecular weight excluding hydrogens is 445 g/mol. The maximum absolute atomic E-state index is 12.2. The predicted molar refractivity (Wildman–Crippen MR) is 110 cm³/mol. The summed E-state index contributed by atoms with van der Waals surface area (Å²) in [6, 6.07) is 0.946. The highest BCUT2D eigenvalue weighted by Crippen LogP contribution is 2.27. The molecule has 2 fully saturated rings. The Balaban J connectivity index is 1.64. The molecule has 6 nitrogen and oxygen atoms in total. The van der Waals surface area contributed by atoms with Gasteiger partial charge in [0.05, 0.1) is 12.7 Å². The van der Waals surface area contributed by atoms with Gasteiger partial charge in [0.1, 0.15) is 6.17 Å². The second kappa shape index (κ2) is 9.52. The molecule has 3 N–H and O–H groups in total. The lowest BCUT2D eigenvalue weighted by Gasteiger charge is -2.44. The van der Waals surface area contributed by atoms with E-state index in [0.29, 0.717) is 17.7 Å². The van der Waals surface area contributed by atoms with E-state index in [0.717, 1.165) is 23.1 Å². The molecule has 3 unspecified atom stereocenters. The van der Waals surface area contributed by atoms with Crippen LogP contribution in [0.2, 0.25) is 0 Å².